The smallest absolute Gasteiger partial charge is 0.122 e. The Balaban J connectivity index is 2.00. The van der Waals surface area contributed by atoms with E-state index in [4.69, 9.17) is 10.5 Å². The van der Waals surface area contributed by atoms with E-state index >= 15 is 0 Å². The molecule has 0 saturated heterocycles. The highest BCUT2D eigenvalue weighted by atomic mass is 16.5. The van der Waals surface area contributed by atoms with Crippen molar-refractivity contribution in [1.82, 2.24) is 0 Å². The van der Waals surface area contributed by atoms with E-state index in [0.29, 0.717) is 12.6 Å². The molecule has 2 rings (SSSR count). The molecule has 1 aliphatic rings. The topological polar surface area (TPSA) is 35.2 Å². The van der Waals surface area contributed by atoms with E-state index in [1.165, 1.54) is 44.1 Å². The first-order valence-corrected chi connectivity index (χ1v) is 6.85. The Kier molecular flexibility index (Phi) is 4.87. The van der Waals surface area contributed by atoms with Crippen LogP contribution in [0.1, 0.15) is 44.1 Å². The maximum Gasteiger partial charge on any atom is 0.122 e. The maximum absolute atomic E-state index is 6.16. The lowest BCUT2D eigenvalue weighted by Gasteiger charge is -2.19. The quantitative estimate of drug-likeness (QED) is 0.810. The van der Waals surface area contributed by atoms with Crippen LogP contribution in [0.4, 0.5) is 0 Å². The predicted octanol–water partition coefficient (Wildman–Crippen LogP) is 3.29. The third-order valence-electron chi connectivity index (χ3n) is 3.48. The number of nitrogens with two attached hydrogens (primary N) is 1. The number of hydrogen-bond donors (Lipinski definition) is 1. The van der Waals surface area contributed by atoms with Gasteiger partial charge in [-0.3, -0.25) is 0 Å². The third-order valence-corrected chi connectivity index (χ3v) is 3.48. The molecule has 1 fully saturated rings. The zero-order valence-electron chi connectivity index (χ0n) is 10.5. The molecule has 94 valence electrons. The fourth-order valence-electron chi connectivity index (χ4n) is 2.52. The van der Waals surface area contributed by atoms with Gasteiger partial charge in [-0.1, -0.05) is 31.0 Å². The molecular formula is C15H23NO. The lowest BCUT2D eigenvalue weighted by Crippen LogP contribution is -2.16. The highest BCUT2D eigenvalue weighted by Crippen LogP contribution is 2.25. The molecule has 1 saturated carbocycles. The Labute approximate surface area is 104 Å². The van der Waals surface area contributed by atoms with Crippen LogP contribution < -0.4 is 10.5 Å². The lowest BCUT2D eigenvalue weighted by molar-refractivity contribution is 0.182. The first-order valence-electron chi connectivity index (χ1n) is 6.85. The number of hydrogen-bond acceptors (Lipinski definition) is 2. The first-order chi connectivity index (χ1) is 8.40. The van der Waals surface area contributed by atoms with E-state index in [9.17, 15) is 0 Å². The second-order valence-corrected chi connectivity index (χ2v) is 4.88. The molecule has 0 bridgehead atoms. The summed E-state index contributed by atoms with van der Waals surface area (Å²) in [5.41, 5.74) is 6.88. The molecule has 0 aromatic heterocycles. The number of rotatable bonds is 4. The summed E-state index contributed by atoms with van der Waals surface area (Å²) in [4.78, 5) is 0. The van der Waals surface area contributed by atoms with E-state index in [2.05, 4.69) is 18.2 Å². The van der Waals surface area contributed by atoms with Crippen molar-refractivity contribution in [1.29, 1.82) is 0 Å². The predicted molar refractivity (Wildman–Crippen MR) is 71.3 cm³/mol. The summed E-state index contributed by atoms with van der Waals surface area (Å²) in [6, 6.07) is 8.31. The average Bonchev–Trinajstić information content (AvgIpc) is 2.61. The summed E-state index contributed by atoms with van der Waals surface area (Å²) in [7, 11) is 0. The highest BCUT2D eigenvalue weighted by molar-refractivity contribution is 5.33. The second-order valence-electron chi connectivity index (χ2n) is 4.88. The zero-order chi connectivity index (χ0) is 11.9. The van der Waals surface area contributed by atoms with Gasteiger partial charge in [0.1, 0.15) is 5.75 Å². The summed E-state index contributed by atoms with van der Waals surface area (Å²) in [6.07, 6.45) is 9.08. The molecule has 0 atom stereocenters. The summed E-state index contributed by atoms with van der Waals surface area (Å²) in [6.45, 7) is 0.686. The summed E-state index contributed by atoms with van der Waals surface area (Å²) in [5.74, 6) is 1.05. The standard InChI is InChI=1S/C15H23NO/c16-12-11-13-7-5-6-10-15(13)17-14-8-3-1-2-4-9-14/h5-7,10,14H,1-4,8-9,11-12,16H2. The average molecular weight is 233 g/mol. The van der Waals surface area contributed by atoms with Gasteiger partial charge in [-0.15, -0.1) is 0 Å². The molecule has 1 aliphatic carbocycles. The van der Waals surface area contributed by atoms with Crippen molar-refractivity contribution in [2.75, 3.05) is 6.54 Å². The van der Waals surface area contributed by atoms with E-state index in [-0.39, 0.29) is 0 Å². The Morgan fingerprint density at radius 3 is 2.47 bits per heavy atom. The Bertz CT molecular complexity index is 329. The van der Waals surface area contributed by atoms with Gasteiger partial charge in [0.25, 0.3) is 0 Å². The van der Waals surface area contributed by atoms with Gasteiger partial charge in [0, 0.05) is 0 Å². The number of ether oxygens (including phenoxy) is 1. The van der Waals surface area contributed by atoms with Crippen molar-refractivity contribution >= 4 is 0 Å². The van der Waals surface area contributed by atoms with Crippen molar-refractivity contribution < 1.29 is 4.74 Å². The molecular weight excluding hydrogens is 210 g/mol. The molecule has 0 amide bonds. The van der Waals surface area contributed by atoms with Crippen LogP contribution in [-0.4, -0.2) is 12.6 Å². The van der Waals surface area contributed by atoms with Gasteiger partial charge >= 0.3 is 0 Å². The summed E-state index contributed by atoms with van der Waals surface area (Å²) in [5, 5.41) is 0. The van der Waals surface area contributed by atoms with E-state index in [0.717, 1.165) is 12.2 Å². The minimum atomic E-state index is 0.413. The summed E-state index contributed by atoms with van der Waals surface area (Å²) >= 11 is 0. The lowest BCUT2D eigenvalue weighted by atomic mass is 10.1. The van der Waals surface area contributed by atoms with Crippen molar-refractivity contribution in [2.45, 2.75) is 51.0 Å². The Morgan fingerprint density at radius 1 is 1.06 bits per heavy atom. The van der Waals surface area contributed by atoms with Crippen LogP contribution in [0.25, 0.3) is 0 Å². The molecule has 1 aromatic rings. The second kappa shape index (κ2) is 6.65. The minimum Gasteiger partial charge on any atom is -0.490 e. The van der Waals surface area contributed by atoms with Crippen molar-refractivity contribution in [3.63, 3.8) is 0 Å². The largest absolute Gasteiger partial charge is 0.490 e. The van der Waals surface area contributed by atoms with Crippen molar-refractivity contribution in [2.24, 2.45) is 5.73 Å². The van der Waals surface area contributed by atoms with Crippen LogP contribution in [0.2, 0.25) is 0 Å². The van der Waals surface area contributed by atoms with Gasteiger partial charge < -0.3 is 10.5 Å². The molecule has 0 spiro atoms. The van der Waals surface area contributed by atoms with Gasteiger partial charge in [-0.25, -0.2) is 0 Å². The maximum atomic E-state index is 6.16. The SMILES string of the molecule is NCCc1ccccc1OC1CCCCCC1. The molecule has 2 nitrogen and oxygen atoms in total. The van der Waals surface area contributed by atoms with Gasteiger partial charge in [-0.2, -0.15) is 0 Å². The Hall–Kier alpha value is -1.02. The molecule has 17 heavy (non-hydrogen) atoms. The normalized spacial score (nSPS) is 17.7. The van der Waals surface area contributed by atoms with Gasteiger partial charge in [0.05, 0.1) is 6.10 Å². The van der Waals surface area contributed by atoms with Crippen LogP contribution in [0.3, 0.4) is 0 Å². The van der Waals surface area contributed by atoms with Crippen LogP contribution in [0.15, 0.2) is 24.3 Å². The van der Waals surface area contributed by atoms with E-state index < -0.39 is 0 Å². The molecule has 2 heteroatoms. The van der Waals surface area contributed by atoms with Crippen LogP contribution in [-0.2, 0) is 6.42 Å². The minimum absolute atomic E-state index is 0.413. The summed E-state index contributed by atoms with van der Waals surface area (Å²) < 4.78 is 6.16. The van der Waals surface area contributed by atoms with E-state index in [1.54, 1.807) is 0 Å². The number of benzene rings is 1. The fourth-order valence-corrected chi connectivity index (χ4v) is 2.52. The molecule has 2 N–H and O–H groups in total. The van der Waals surface area contributed by atoms with E-state index in [1.807, 2.05) is 6.07 Å². The van der Waals surface area contributed by atoms with Gasteiger partial charge in [0.2, 0.25) is 0 Å². The number of para-hydroxylation sites is 1. The van der Waals surface area contributed by atoms with Gasteiger partial charge in [-0.05, 0) is 50.3 Å². The Morgan fingerprint density at radius 2 is 1.76 bits per heavy atom. The van der Waals surface area contributed by atoms with Crippen molar-refractivity contribution in [3.05, 3.63) is 29.8 Å². The van der Waals surface area contributed by atoms with Crippen LogP contribution >= 0.6 is 0 Å². The molecule has 1 aromatic carbocycles. The molecule has 0 aliphatic heterocycles. The fraction of sp³-hybridized carbons (Fsp3) is 0.600. The first kappa shape index (κ1) is 12.4. The highest BCUT2D eigenvalue weighted by Gasteiger charge is 2.14. The monoisotopic (exact) mass is 233 g/mol. The van der Waals surface area contributed by atoms with Crippen molar-refractivity contribution in [3.8, 4) is 5.75 Å². The molecule has 0 heterocycles. The molecule has 0 unspecified atom stereocenters. The molecule has 0 radical (unpaired) electrons. The van der Waals surface area contributed by atoms with Crippen LogP contribution in [0, 0.1) is 0 Å². The third kappa shape index (κ3) is 3.74. The van der Waals surface area contributed by atoms with Gasteiger partial charge in [0.15, 0.2) is 0 Å². The van der Waals surface area contributed by atoms with Crippen LogP contribution in [0.5, 0.6) is 5.75 Å². The zero-order valence-corrected chi connectivity index (χ0v) is 10.5.